The van der Waals surface area contributed by atoms with Crippen LogP contribution in [0.5, 0.6) is 0 Å². The molecule has 1 aromatic carbocycles. The molecule has 2 heterocycles. The number of rotatable bonds is 5. The number of hydrogen-bond donors (Lipinski definition) is 0. The Balaban J connectivity index is 1.74. The number of aromatic nitrogens is 2. The van der Waals surface area contributed by atoms with Crippen molar-refractivity contribution >= 4 is 49.2 Å². The lowest BCUT2D eigenvalue weighted by molar-refractivity contribution is 0.585. The van der Waals surface area contributed by atoms with Crippen LogP contribution in [-0.2, 0) is 25.1 Å². The lowest BCUT2D eigenvalue weighted by Gasteiger charge is -2.11. The first-order chi connectivity index (χ1) is 12.2. The van der Waals surface area contributed by atoms with Gasteiger partial charge in [0.05, 0.1) is 5.39 Å². The molecule has 0 fully saturated rings. The molecule has 0 unspecified atom stereocenters. The number of halogens is 1. The second-order valence-electron chi connectivity index (χ2n) is 6.31. The number of thioether (sulfide) groups is 1. The van der Waals surface area contributed by atoms with Crippen LogP contribution >= 0.6 is 39.0 Å². The molecule has 2 aromatic heterocycles. The Hall–Kier alpha value is -1.11. The summed E-state index contributed by atoms with van der Waals surface area (Å²) in [5, 5.41) is 1.73. The summed E-state index contributed by atoms with van der Waals surface area (Å²) >= 11 is 6.90. The average molecular weight is 435 g/mol. The SMILES string of the molecule is CCCn1c(SCc2cccc(Br)c2)nc2sc3c(c2c1=O)CCC3. The van der Waals surface area contributed by atoms with Crippen LogP contribution in [0, 0.1) is 0 Å². The lowest BCUT2D eigenvalue weighted by Crippen LogP contribution is -2.23. The summed E-state index contributed by atoms with van der Waals surface area (Å²) in [6, 6.07) is 8.30. The predicted molar refractivity (Wildman–Crippen MR) is 110 cm³/mol. The Morgan fingerprint density at radius 1 is 1.36 bits per heavy atom. The Morgan fingerprint density at radius 2 is 2.24 bits per heavy atom. The molecule has 4 rings (SSSR count). The molecule has 0 radical (unpaired) electrons. The molecule has 1 aliphatic carbocycles. The van der Waals surface area contributed by atoms with Crippen LogP contribution in [0.25, 0.3) is 10.2 Å². The van der Waals surface area contributed by atoms with Crippen molar-refractivity contribution in [3.05, 3.63) is 55.1 Å². The first-order valence-corrected chi connectivity index (χ1v) is 11.2. The highest BCUT2D eigenvalue weighted by molar-refractivity contribution is 9.10. The normalized spacial score (nSPS) is 13.5. The minimum atomic E-state index is 0.156. The van der Waals surface area contributed by atoms with Crippen LogP contribution in [0.1, 0.15) is 35.8 Å². The van der Waals surface area contributed by atoms with Crippen molar-refractivity contribution in [2.45, 2.75) is 50.1 Å². The minimum absolute atomic E-state index is 0.156. The number of thiophene rings is 1. The van der Waals surface area contributed by atoms with E-state index >= 15 is 0 Å². The Labute approximate surface area is 163 Å². The fraction of sp³-hybridized carbons (Fsp3) is 0.368. The molecular formula is C19H19BrN2OS2. The number of nitrogens with zero attached hydrogens (tertiary/aromatic N) is 2. The van der Waals surface area contributed by atoms with Crippen molar-refractivity contribution in [3.8, 4) is 0 Å². The molecule has 3 aromatic rings. The van der Waals surface area contributed by atoms with Crippen molar-refractivity contribution in [2.75, 3.05) is 0 Å². The van der Waals surface area contributed by atoms with Crippen LogP contribution < -0.4 is 5.56 Å². The van der Waals surface area contributed by atoms with Gasteiger partial charge in [0.2, 0.25) is 0 Å². The summed E-state index contributed by atoms with van der Waals surface area (Å²) in [5.74, 6) is 0.812. The third kappa shape index (κ3) is 3.32. The highest BCUT2D eigenvalue weighted by Crippen LogP contribution is 2.36. The lowest BCUT2D eigenvalue weighted by atomic mass is 10.2. The second kappa shape index (κ2) is 7.25. The van der Waals surface area contributed by atoms with Gasteiger partial charge in [0.1, 0.15) is 4.83 Å². The summed E-state index contributed by atoms with van der Waals surface area (Å²) in [6.45, 7) is 2.84. The summed E-state index contributed by atoms with van der Waals surface area (Å²) in [4.78, 5) is 20.3. The first-order valence-electron chi connectivity index (χ1n) is 8.59. The molecule has 0 aliphatic heterocycles. The zero-order valence-electron chi connectivity index (χ0n) is 14.0. The number of aryl methyl sites for hydroxylation is 2. The van der Waals surface area contributed by atoms with Gasteiger partial charge in [-0.05, 0) is 48.9 Å². The molecule has 0 saturated heterocycles. The van der Waals surface area contributed by atoms with Gasteiger partial charge in [0, 0.05) is 21.6 Å². The van der Waals surface area contributed by atoms with Crippen molar-refractivity contribution < 1.29 is 0 Å². The Morgan fingerprint density at radius 3 is 3.04 bits per heavy atom. The van der Waals surface area contributed by atoms with E-state index in [9.17, 15) is 4.79 Å². The van der Waals surface area contributed by atoms with Gasteiger partial charge in [0.25, 0.3) is 5.56 Å². The van der Waals surface area contributed by atoms with Gasteiger partial charge in [-0.2, -0.15) is 0 Å². The van der Waals surface area contributed by atoms with Crippen LogP contribution in [-0.4, -0.2) is 9.55 Å². The first kappa shape index (κ1) is 17.3. The van der Waals surface area contributed by atoms with Crippen molar-refractivity contribution in [1.82, 2.24) is 9.55 Å². The molecule has 0 saturated carbocycles. The Kier molecular flexibility index (Phi) is 5.02. The van der Waals surface area contributed by atoms with Crippen LogP contribution in [0.2, 0.25) is 0 Å². The summed E-state index contributed by atoms with van der Waals surface area (Å²) < 4.78 is 2.96. The van der Waals surface area contributed by atoms with E-state index in [1.54, 1.807) is 23.1 Å². The molecular weight excluding hydrogens is 416 g/mol. The second-order valence-corrected chi connectivity index (χ2v) is 9.25. The van der Waals surface area contributed by atoms with Gasteiger partial charge in [-0.25, -0.2) is 4.98 Å². The fourth-order valence-electron chi connectivity index (χ4n) is 3.36. The number of benzene rings is 1. The quantitative estimate of drug-likeness (QED) is 0.397. The molecule has 0 bridgehead atoms. The number of fused-ring (bicyclic) bond motifs is 3. The fourth-order valence-corrected chi connectivity index (χ4v) is 6.08. The zero-order chi connectivity index (χ0) is 17.4. The highest BCUT2D eigenvalue weighted by Gasteiger charge is 2.23. The Bertz CT molecular complexity index is 993. The van der Waals surface area contributed by atoms with E-state index in [-0.39, 0.29) is 5.56 Å². The van der Waals surface area contributed by atoms with E-state index in [1.807, 2.05) is 16.7 Å². The van der Waals surface area contributed by atoms with Gasteiger partial charge in [-0.1, -0.05) is 46.7 Å². The maximum absolute atomic E-state index is 13.1. The standard InChI is InChI=1S/C19H19BrN2OS2/c1-2-9-22-18(23)16-14-7-4-8-15(14)25-17(16)21-19(22)24-11-12-5-3-6-13(20)10-12/h3,5-6,10H,2,4,7-9,11H2,1H3. The summed E-state index contributed by atoms with van der Waals surface area (Å²) in [7, 11) is 0. The predicted octanol–water partition coefficient (Wildman–Crippen LogP) is 5.41. The minimum Gasteiger partial charge on any atom is -0.287 e. The van der Waals surface area contributed by atoms with Crippen LogP contribution in [0.15, 0.2) is 38.7 Å². The summed E-state index contributed by atoms with van der Waals surface area (Å²) in [6.07, 6.45) is 4.24. The largest absolute Gasteiger partial charge is 0.287 e. The molecule has 1 aliphatic rings. The van der Waals surface area contributed by atoms with Gasteiger partial charge >= 0.3 is 0 Å². The monoisotopic (exact) mass is 434 g/mol. The zero-order valence-corrected chi connectivity index (χ0v) is 17.3. The van der Waals surface area contributed by atoms with E-state index in [0.29, 0.717) is 0 Å². The maximum Gasteiger partial charge on any atom is 0.263 e. The van der Waals surface area contributed by atoms with Gasteiger partial charge in [-0.3, -0.25) is 9.36 Å². The smallest absolute Gasteiger partial charge is 0.263 e. The van der Waals surface area contributed by atoms with Gasteiger partial charge in [-0.15, -0.1) is 11.3 Å². The third-order valence-corrected chi connectivity index (χ3v) is 7.22. The van der Waals surface area contributed by atoms with E-state index in [0.717, 1.165) is 51.4 Å². The molecule has 130 valence electrons. The van der Waals surface area contributed by atoms with Crippen LogP contribution in [0.4, 0.5) is 0 Å². The molecule has 0 amide bonds. The molecule has 25 heavy (non-hydrogen) atoms. The molecule has 3 nitrogen and oxygen atoms in total. The van der Waals surface area contributed by atoms with Gasteiger partial charge < -0.3 is 0 Å². The highest BCUT2D eigenvalue weighted by atomic mass is 79.9. The van der Waals surface area contributed by atoms with E-state index in [1.165, 1.54) is 22.4 Å². The maximum atomic E-state index is 13.1. The summed E-state index contributed by atoms with van der Waals surface area (Å²) in [5.41, 5.74) is 2.65. The molecule has 0 atom stereocenters. The van der Waals surface area contributed by atoms with Crippen LogP contribution in [0.3, 0.4) is 0 Å². The molecule has 6 heteroatoms. The van der Waals surface area contributed by atoms with Crippen molar-refractivity contribution in [1.29, 1.82) is 0 Å². The molecule has 0 spiro atoms. The average Bonchev–Trinajstić information content (AvgIpc) is 3.16. The third-order valence-electron chi connectivity index (χ3n) is 4.49. The van der Waals surface area contributed by atoms with Gasteiger partial charge in [0.15, 0.2) is 5.16 Å². The van der Waals surface area contributed by atoms with E-state index in [4.69, 9.17) is 4.98 Å². The van der Waals surface area contributed by atoms with Crippen molar-refractivity contribution in [2.24, 2.45) is 0 Å². The van der Waals surface area contributed by atoms with E-state index in [2.05, 4.69) is 35.0 Å². The number of hydrogen-bond acceptors (Lipinski definition) is 4. The van der Waals surface area contributed by atoms with Crippen molar-refractivity contribution in [3.63, 3.8) is 0 Å². The topological polar surface area (TPSA) is 34.9 Å². The van der Waals surface area contributed by atoms with E-state index < -0.39 is 0 Å². The molecule has 0 N–H and O–H groups in total.